The van der Waals surface area contributed by atoms with Crippen molar-refractivity contribution in [1.29, 1.82) is 0 Å². The highest BCUT2D eigenvalue weighted by atomic mass is 19.4. The second-order valence-electron chi connectivity index (χ2n) is 6.25. The van der Waals surface area contributed by atoms with Crippen LogP contribution in [-0.2, 0) is 15.8 Å². The molecule has 0 heterocycles. The highest BCUT2D eigenvalue weighted by Crippen LogP contribution is 2.34. The van der Waals surface area contributed by atoms with Gasteiger partial charge in [-0.25, -0.2) is 0 Å². The second-order valence-corrected chi connectivity index (χ2v) is 6.25. The third-order valence-corrected chi connectivity index (χ3v) is 4.16. The molecule has 0 aromatic heterocycles. The maximum atomic E-state index is 13.0. The molecule has 27 heavy (non-hydrogen) atoms. The highest BCUT2D eigenvalue weighted by Gasteiger charge is 2.33. The number of halogens is 3. The summed E-state index contributed by atoms with van der Waals surface area (Å²) in [4.78, 5) is 25.7. The van der Waals surface area contributed by atoms with Gasteiger partial charge in [0, 0.05) is 25.6 Å². The topological polar surface area (TPSA) is 49.4 Å². The molecule has 0 bridgehead atoms. The Bertz CT molecular complexity index is 827. The quantitative estimate of drug-likeness (QED) is 0.820. The van der Waals surface area contributed by atoms with E-state index in [9.17, 15) is 22.8 Å². The number of amides is 2. The lowest BCUT2D eigenvalue weighted by Gasteiger charge is -2.25. The van der Waals surface area contributed by atoms with Gasteiger partial charge in [0.1, 0.15) is 0 Å². The second kappa shape index (κ2) is 8.24. The maximum Gasteiger partial charge on any atom is 0.418 e. The lowest BCUT2D eigenvalue weighted by atomic mass is 10.1. The van der Waals surface area contributed by atoms with Crippen molar-refractivity contribution >= 4 is 23.2 Å². The normalized spacial score (nSPS) is 11.2. The lowest BCUT2D eigenvalue weighted by molar-refractivity contribution is -0.137. The first kappa shape index (κ1) is 20.5. The molecule has 2 aromatic carbocycles. The van der Waals surface area contributed by atoms with Gasteiger partial charge in [-0.3, -0.25) is 9.59 Å². The van der Waals surface area contributed by atoms with E-state index in [1.165, 1.54) is 30.0 Å². The first-order valence-electron chi connectivity index (χ1n) is 8.41. The Balaban J connectivity index is 2.14. The number of anilines is 2. The predicted octanol–water partition coefficient (Wildman–Crippen LogP) is 4.70. The first-order chi connectivity index (χ1) is 12.6. The van der Waals surface area contributed by atoms with Crippen LogP contribution in [-0.4, -0.2) is 18.4 Å². The Labute approximate surface area is 156 Å². The number of carbonyl (C=O) groups excluding carboxylic acids is 2. The van der Waals surface area contributed by atoms with Gasteiger partial charge in [-0.2, -0.15) is 13.2 Å². The largest absolute Gasteiger partial charge is 0.418 e. The third kappa shape index (κ3) is 5.09. The molecular weight excluding hydrogens is 357 g/mol. The number of nitrogens with one attached hydrogen (secondary N) is 1. The summed E-state index contributed by atoms with van der Waals surface area (Å²) in [7, 11) is 0. The van der Waals surface area contributed by atoms with Crippen LogP contribution in [0.25, 0.3) is 0 Å². The summed E-state index contributed by atoms with van der Waals surface area (Å²) < 4.78 is 39.1. The Morgan fingerprint density at radius 2 is 1.59 bits per heavy atom. The Kier molecular flexibility index (Phi) is 6.25. The van der Waals surface area contributed by atoms with E-state index < -0.39 is 17.6 Å². The molecule has 0 aliphatic carbocycles. The van der Waals surface area contributed by atoms with Gasteiger partial charge in [0.2, 0.25) is 11.8 Å². The molecule has 1 N–H and O–H groups in total. The van der Waals surface area contributed by atoms with Crippen molar-refractivity contribution in [3.05, 3.63) is 59.2 Å². The van der Waals surface area contributed by atoms with Gasteiger partial charge in [-0.1, -0.05) is 30.3 Å². The summed E-state index contributed by atoms with van der Waals surface area (Å²) in [6.45, 7) is 5.18. The standard InChI is InChI=1S/C20H21F3N2O2/c1-13-7-6-8-14(2)19(13)25(15(3)26)12-11-18(27)24-17-10-5-4-9-16(17)20(21,22)23/h4-10H,11-12H2,1-3H3,(H,24,27). The molecule has 0 unspecified atom stereocenters. The van der Waals surface area contributed by atoms with Crippen molar-refractivity contribution < 1.29 is 22.8 Å². The minimum atomic E-state index is -4.56. The number of rotatable bonds is 5. The van der Waals surface area contributed by atoms with Crippen molar-refractivity contribution in [2.75, 3.05) is 16.8 Å². The van der Waals surface area contributed by atoms with E-state index in [0.717, 1.165) is 17.2 Å². The van der Waals surface area contributed by atoms with Crippen molar-refractivity contribution in [3.8, 4) is 0 Å². The fraction of sp³-hybridized carbons (Fsp3) is 0.300. The summed E-state index contributed by atoms with van der Waals surface area (Å²) >= 11 is 0. The molecule has 0 spiro atoms. The molecule has 0 saturated heterocycles. The summed E-state index contributed by atoms with van der Waals surface area (Å²) in [5.74, 6) is -0.833. The summed E-state index contributed by atoms with van der Waals surface area (Å²) in [6.07, 6.45) is -4.69. The number of benzene rings is 2. The lowest BCUT2D eigenvalue weighted by Crippen LogP contribution is -2.33. The van der Waals surface area contributed by atoms with Crippen molar-refractivity contribution in [3.63, 3.8) is 0 Å². The van der Waals surface area contributed by atoms with Crippen LogP contribution in [0.15, 0.2) is 42.5 Å². The summed E-state index contributed by atoms with van der Waals surface area (Å²) in [5, 5.41) is 2.30. The smallest absolute Gasteiger partial charge is 0.325 e. The molecule has 2 aromatic rings. The fourth-order valence-corrected chi connectivity index (χ4v) is 2.92. The van der Waals surface area contributed by atoms with Gasteiger partial charge in [-0.15, -0.1) is 0 Å². The molecule has 0 saturated carbocycles. The van der Waals surface area contributed by atoms with Crippen molar-refractivity contribution in [2.24, 2.45) is 0 Å². The van der Waals surface area contributed by atoms with E-state index in [1.54, 1.807) is 0 Å². The van der Waals surface area contributed by atoms with Gasteiger partial charge in [0.25, 0.3) is 0 Å². The van der Waals surface area contributed by atoms with Gasteiger partial charge in [-0.05, 0) is 37.1 Å². The van der Waals surface area contributed by atoms with Gasteiger partial charge >= 0.3 is 6.18 Å². The van der Waals surface area contributed by atoms with Gasteiger partial charge < -0.3 is 10.2 Å². The Morgan fingerprint density at radius 3 is 2.15 bits per heavy atom. The molecule has 2 amide bonds. The zero-order chi connectivity index (χ0) is 20.2. The minimum absolute atomic E-state index is 0.0705. The average molecular weight is 378 g/mol. The molecule has 0 aliphatic rings. The molecule has 0 atom stereocenters. The first-order valence-corrected chi connectivity index (χ1v) is 8.41. The SMILES string of the molecule is CC(=O)N(CCC(=O)Nc1ccccc1C(F)(F)F)c1c(C)cccc1C. The van der Waals surface area contributed by atoms with E-state index in [4.69, 9.17) is 0 Å². The van der Waals surface area contributed by atoms with Crippen LogP contribution in [0.2, 0.25) is 0 Å². The zero-order valence-corrected chi connectivity index (χ0v) is 15.4. The molecule has 2 rings (SSSR count). The Hall–Kier alpha value is -2.83. The van der Waals surface area contributed by atoms with Crippen LogP contribution in [0.5, 0.6) is 0 Å². The van der Waals surface area contributed by atoms with E-state index in [1.807, 2.05) is 32.0 Å². The molecule has 0 fully saturated rings. The molecule has 144 valence electrons. The van der Waals surface area contributed by atoms with Gasteiger partial charge in [0.15, 0.2) is 0 Å². The van der Waals surface area contributed by atoms with E-state index in [0.29, 0.717) is 5.69 Å². The number of aryl methyl sites for hydroxylation is 2. The van der Waals surface area contributed by atoms with Crippen LogP contribution >= 0.6 is 0 Å². The minimum Gasteiger partial charge on any atom is -0.325 e. The monoisotopic (exact) mass is 378 g/mol. The number of para-hydroxylation sites is 2. The molecular formula is C20H21F3N2O2. The average Bonchev–Trinajstić information content (AvgIpc) is 2.56. The van der Waals surface area contributed by atoms with Crippen LogP contribution in [0.3, 0.4) is 0 Å². The maximum absolute atomic E-state index is 13.0. The summed E-state index contributed by atoms with van der Waals surface area (Å²) in [5.41, 5.74) is 1.28. The van der Waals surface area contributed by atoms with E-state index >= 15 is 0 Å². The Morgan fingerprint density at radius 1 is 1.00 bits per heavy atom. The molecule has 7 heteroatoms. The van der Waals surface area contributed by atoms with Crippen LogP contribution in [0.4, 0.5) is 24.5 Å². The number of carbonyl (C=O) groups is 2. The fourth-order valence-electron chi connectivity index (χ4n) is 2.92. The molecule has 0 radical (unpaired) electrons. The van der Waals surface area contributed by atoms with Crippen LogP contribution in [0.1, 0.15) is 30.0 Å². The predicted molar refractivity (Wildman–Crippen MR) is 98.6 cm³/mol. The van der Waals surface area contributed by atoms with Gasteiger partial charge in [0.05, 0.1) is 11.3 Å². The highest BCUT2D eigenvalue weighted by molar-refractivity contribution is 5.96. The van der Waals surface area contributed by atoms with Crippen LogP contribution < -0.4 is 10.2 Å². The molecule has 0 aliphatic heterocycles. The zero-order valence-electron chi connectivity index (χ0n) is 15.4. The number of hydrogen-bond acceptors (Lipinski definition) is 2. The van der Waals surface area contributed by atoms with Crippen molar-refractivity contribution in [1.82, 2.24) is 0 Å². The van der Waals surface area contributed by atoms with Crippen LogP contribution in [0, 0.1) is 13.8 Å². The van der Waals surface area contributed by atoms with Crippen molar-refractivity contribution in [2.45, 2.75) is 33.4 Å². The summed E-state index contributed by atoms with van der Waals surface area (Å²) in [6, 6.07) is 10.4. The van der Waals surface area contributed by atoms with E-state index in [-0.39, 0.29) is 24.6 Å². The third-order valence-electron chi connectivity index (χ3n) is 4.16. The molecule has 4 nitrogen and oxygen atoms in total. The van der Waals surface area contributed by atoms with E-state index in [2.05, 4.69) is 5.32 Å². The number of hydrogen-bond donors (Lipinski definition) is 1. The number of nitrogens with zero attached hydrogens (tertiary/aromatic N) is 1. The number of alkyl halides is 3.